The maximum absolute atomic E-state index is 5.11. The van der Waals surface area contributed by atoms with Crippen molar-refractivity contribution in [2.75, 3.05) is 0 Å². The van der Waals surface area contributed by atoms with Crippen molar-refractivity contribution in [1.82, 2.24) is 0 Å². The predicted octanol–water partition coefficient (Wildman–Crippen LogP) is 0.0995. The molecule has 0 rings (SSSR count). The Morgan fingerprint density at radius 2 is 1.60 bits per heavy atom. The molecule has 0 saturated heterocycles. The zero-order valence-corrected chi connectivity index (χ0v) is 5.73. The van der Waals surface area contributed by atoms with Crippen LogP contribution in [-0.2, 0) is 0 Å². The van der Waals surface area contributed by atoms with E-state index in [-0.39, 0.29) is 0 Å². The van der Waals surface area contributed by atoms with Crippen LogP contribution in [-0.4, -0.2) is 15.7 Å². The van der Waals surface area contributed by atoms with Crippen LogP contribution < -0.4 is 0 Å². The molecule has 0 atom stereocenters. The molecule has 0 aromatic rings. The van der Waals surface area contributed by atoms with Crippen molar-refractivity contribution in [3.05, 3.63) is 0 Å². The molecule has 0 saturated carbocycles. The fourth-order valence-electron chi connectivity index (χ4n) is 0.244. The van der Waals surface area contributed by atoms with Gasteiger partial charge in [-0.1, -0.05) is 11.6 Å². The van der Waals surface area contributed by atoms with Crippen LogP contribution in [0.25, 0.3) is 0 Å². The maximum Gasteiger partial charge on any atom is 0.0745 e. The molecule has 0 aliphatic carbocycles. The standard InChI is InChI=1S/C8H4B2/c1-2-3-4-5-6-7-8(9)10/h8H,1H3. The summed E-state index contributed by atoms with van der Waals surface area (Å²) in [5.74, 6) is 15.0. The molecule has 0 amide bonds. The summed E-state index contributed by atoms with van der Waals surface area (Å²) in [5, 5.41) is 0. The molecule has 0 bridgehead atoms. The molecule has 2 heteroatoms. The average molecular weight is 122 g/mol. The molecule has 0 aliphatic heterocycles. The van der Waals surface area contributed by atoms with Gasteiger partial charge in [-0.25, -0.2) is 0 Å². The quantitative estimate of drug-likeness (QED) is 0.315. The van der Waals surface area contributed by atoms with E-state index in [2.05, 4.69) is 35.5 Å². The van der Waals surface area contributed by atoms with Crippen molar-refractivity contribution < 1.29 is 0 Å². The first-order valence-corrected chi connectivity index (χ1v) is 2.71. The Morgan fingerprint density at radius 1 is 1.00 bits per heavy atom. The van der Waals surface area contributed by atoms with E-state index >= 15 is 0 Å². The fourth-order valence-corrected chi connectivity index (χ4v) is 0.244. The molecule has 0 spiro atoms. The topological polar surface area (TPSA) is 0 Å². The van der Waals surface area contributed by atoms with Gasteiger partial charge in [0.25, 0.3) is 0 Å². The summed E-state index contributed by atoms with van der Waals surface area (Å²) < 4.78 is 0. The third-order valence-corrected chi connectivity index (χ3v) is 0.551. The molecule has 0 heterocycles. The minimum Gasteiger partial charge on any atom is -0.105 e. The lowest BCUT2D eigenvalue weighted by molar-refractivity contribution is 1.70. The zero-order valence-electron chi connectivity index (χ0n) is 5.73. The lowest BCUT2D eigenvalue weighted by Gasteiger charge is -1.81. The van der Waals surface area contributed by atoms with Crippen LogP contribution >= 0.6 is 0 Å². The van der Waals surface area contributed by atoms with Gasteiger partial charge in [0, 0.05) is 0 Å². The molecular formula is C8H4B2. The van der Waals surface area contributed by atoms with Gasteiger partial charge < -0.3 is 0 Å². The second-order valence-corrected chi connectivity index (χ2v) is 1.42. The van der Waals surface area contributed by atoms with E-state index in [4.69, 9.17) is 15.7 Å². The van der Waals surface area contributed by atoms with Crippen molar-refractivity contribution in [1.29, 1.82) is 0 Å². The van der Waals surface area contributed by atoms with E-state index in [1.54, 1.807) is 6.92 Å². The van der Waals surface area contributed by atoms with Gasteiger partial charge in [-0.2, -0.15) is 0 Å². The van der Waals surface area contributed by atoms with Gasteiger partial charge in [-0.15, -0.1) is 5.92 Å². The summed E-state index contributed by atoms with van der Waals surface area (Å²) in [7, 11) is 10.2. The van der Waals surface area contributed by atoms with Crippen LogP contribution in [0.4, 0.5) is 0 Å². The summed E-state index contributed by atoms with van der Waals surface area (Å²) in [6.07, 6.45) is 0. The maximum atomic E-state index is 5.11. The molecule has 0 nitrogen and oxygen atoms in total. The third-order valence-electron chi connectivity index (χ3n) is 0.551. The molecule has 0 fully saturated rings. The molecule has 42 valence electrons. The fraction of sp³-hybridized carbons (Fsp3) is 0.250. The highest BCUT2D eigenvalue weighted by molar-refractivity contribution is 6.37. The van der Waals surface area contributed by atoms with Gasteiger partial charge in [0.15, 0.2) is 0 Å². The van der Waals surface area contributed by atoms with Crippen molar-refractivity contribution in [2.24, 2.45) is 0 Å². The Labute approximate surface area is 64.6 Å². The lowest BCUT2D eigenvalue weighted by Crippen LogP contribution is -1.82. The summed E-state index contributed by atoms with van der Waals surface area (Å²) in [5.41, 5.74) is -0.608. The summed E-state index contributed by atoms with van der Waals surface area (Å²) in [4.78, 5) is 0. The zero-order chi connectivity index (χ0) is 7.82. The largest absolute Gasteiger partial charge is 0.105 e. The molecule has 0 N–H and O–H groups in total. The van der Waals surface area contributed by atoms with Crippen LogP contribution in [0, 0.1) is 35.5 Å². The van der Waals surface area contributed by atoms with E-state index < -0.39 is 5.72 Å². The Hall–Kier alpha value is -1.19. The summed E-state index contributed by atoms with van der Waals surface area (Å²) in [6.45, 7) is 1.71. The van der Waals surface area contributed by atoms with Crippen LogP contribution in [0.2, 0.25) is 5.72 Å². The highest BCUT2D eigenvalue weighted by Crippen LogP contribution is 1.80. The number of rotatable bonds is 0. The van der Waals surface area contributed by atoms with E-state index in [0.717, 1.165) is 0 Å². The minimum atomic E-state index is -0.608. The van der Waals surface area contributed by atoms with Gasteiger partial charge in [-0.3, -0.25) is 0 Å². The molecule has 0 aromatic heterocycles. The second-order valence-electron chi connectivity index (χ2n) is 1.42. The smallest absolute Gasteiger partial charge is 0.0745 e. The van der Waals surface area contributed by atoms with Crippen molar-refractivity contribution in [3.8, 4) is 35.5 Å². The van der Waals surface area contributed by atoms with Gasteiger partial charge in [0.05, 0.1) is 15.7 Å². The molecular weight excluding hydrogens is 118 g/mol. The molecule has 4 radical (unpaired) electrons. The van der Waals surface area contributed by atoms with Crippen molar-refractivity contribution in [2.45, 2.75) is 12.6 Å². The van der Waals surface area contributed by atoms with Crippen molar-refractivity contribution in [3.63, 3.8) is 0 Å². The van der Waals surface area contributed by atoms with Crippen LogP contribution in [0.15, 0.2) is 0 Å². The Bertz CT molecular complexity index is 257. The summed E-state index contributed by atoms with van der Waals surface area (Å²) >= 11 is 0. The SMILES string of the molecule is [B]C([B])C#CC#CC#CC. The molecule has 0 aromatic carbocycles. The van der Waals surface area contributed by atoms with E-state index in [9.17, 15) is 0 Å². The Balaban J connectivity index is 3.86. The first-order valence-electron chi connectivity index (χ1n) is 2.71. The van der Waals surface area contributed by atoms with Crippen LogP contribution in [0.1, 0.15) is 6.92 Å². The minimum absolute atomic E-state index is 0.608. The highest BCUT2D eigenvalue weighted by Gasteiger charge is 1.77. The Kier molecular flexibility index (Phi) is 5.23. The third kappa shape index (κ3) is 6.81. The lowest BCUT2D eigenvalue weighted by atomic mass is 9.72. The Morgan fingerprint density at radius 3 is 2.10 bits per heavy atom. The van der Waals surface area contributed by atoms with Gasteiger partial charge in [0.1, 0.15) is 0 Å². The van der Waals surface area contributed by atoms with E-state index in [1.807, 2.05) is 0 Å². The van der Waals surface area contributed by atoms with Crippen molar-refractivity contribution >= 4 is 15.7 Å². The van der Waals surface area contributed by atoms with Crippen LogP contribution in [0.3, 0.4) is 0 Å². The number of hydrogen-bond acceptors (Lipinski definition) is 0. The first kappa shape index (κ1) is 8.81. The molecule has 10 heavy (non-hydrogen) atoms. The number of hydrogen-bond donors (Lipinski definition) is 0. The first-order chi connectivity index (χ1) is 4.77. The normalized spacial score (nSPS) is 5.80. The van der Waals surface area contributed by atoms with Gasteiger partial charge >= 0.3 is 0 Å². The monoisotopic (exact) mass is 122 g/mol. The van der Waals surface area contributed by atoms with Gasteiger partial charge in [0.2, 0.25) is 0 Å². The summed E-state index contributed by atoms with van der Waals surface area (Å²) in [6, 6.07) is 0. The van der Waals surface area contributed by atoms with Crippen LogP contribution in [0.5, 0.6) is 0 Å². The predicted molar refractivity (Wildman–Crippen MR) is 44.3 cm³/mol. The van der Waals surface area contributed by atoms with E-state index in [1.165, 1.54) is 0 Å². The molecule has 0 unspecified atom stereocenters. The average Bonchev–Trinajstić information content (AvgIpc) is 1.87. The molecule has 0 aliphatic rings. The van der Waals surface area contributed by atoms with Gasteiger partial charge in [-0.05, 0) is 30.6 Å². The highest BCUT2D eigenvalue weighted by atomic mass is 13.6. The van der Waals surface area contributed by atoms with E-state index in [0.29, 0.717) is 0 Å². The second kappa shape index (κ2) is 5.94.